The lowest BCUT2D eigenvalue weighted by Crippen LogP contribution is -2.30. The van der Waals surface area contributed by atoms with Gasteiger partial charge in [-0.1, -0.05) is 24.3 Å². The van der Waals surface area contributed by atoms with Crippen LogP contribution in [0.5, 0.6) is 0 Å². The summed E-state index contributed by atoms with van der Waals surface area (Å²) in [6.07, 6.45) is 8.94. The maximum absolute atomic E-state index is 12.3. The highest BCUT2D eigenvalue weighted by atomic mass is 16.1. The third-order valence-electron chi connectivity index (χ3n) is 5.01. The molecule has 5 heteroatoms. The molecule has 132 valence electrons. The van der Waals surface area contributed by atoms with E-state index in [-0.39, 0.29) is 17.7 Å². The number of rotatable bonds is 7. The molecular weight excluding hydrogens is 314 g/mol. The van der Waals surface area contributed by atoms with Gasteiger partial charge in [0, 0.05) is 37.8 Å². The second-order valence-corrected chi connectivity index (χ2v) is 6.81. The molecule has 1 amide bonds. The largest absolute Gasteiger partial charge is 0.354 e. The van der Waals surface area contributed by atoms with E-state index >= 15 is 0 Å². The van der Waals surface area contributed by atoms with E-state index in [0.717, 1.165) is 31.2 Å². The first-order chi connectivity index (χ1) is 12.1. The summed E-state index contributed by atoms with van der Waals surface area (Å²) in [5, 5.41) is 2.97. The second kappa shape index (κ2) is 8.10. The van der Waals surface area contributed by atoms with Crippen LogP contribution >= 0.6 is 0 Å². The first kappa shape index (κ1) is 17.4. The topological polar surface area (TPSA) is 64.0 Å². The number of benzene rings is 1. The minimum Gasteiger partial charge on any atom is -0.354 e. The van der Waals surface area contributed by atoms with Crippen LogP contribution in [-0.2, 0) is 22.6 Å². The number of carbonyl (C=O) groups is 2. The van der Waals surface area contributed by atoms with Crippen molar-refractivity contribution in [2.24, 2.45) is 5.92 Å². The fourth-order valence-electron chi connectivity index (χ4n) is 3.36. The molecule has 1 aliphatic rings. The van der Waals surface area contributed by atoms with Crippen molar-refractivity contribution >= 4 is 11.7 Å². The van der Waals surface area contributed by atoms with Gasteiger partial charge >= 0.3 is 0 Å². The van der Waals surface area contributed by atoms with E-state index in [1.54, 1.807) is 12.5 Å². The van der Waals surface area contributed by atoms with Gasteiger partial charge in [0.05, 0.1) is 12.2 Å². The lowest BCUT2D eigenvalue weighted by atomic mass is 9.94. The molecule has 1 fully saturated rings. The number of carbonyl (C=O) groups excluding carboxylic acids is 2. The molecule has 1 aromatic heterocycles. The first-order valence-corrected chi connectivity index (χ1v) is 8.98. The van der Waals surface area contributed by atoms with Gasteiger partial charge in [-0.3, -0.25) is 9.59 Å². The minimum absolute atomic E-state index is 0.0267. The minimum atomic E-state index is -0.190. The van der Waals surface area contributed by atoms with Crippen LogP contribution in [0.2, 0.25) is 0 Å². The van der Waals surface area contributed by atoms with Crippen molar-refractivity contribution in [1.82, 2.24) is 14.9 Å². The fourth-order valence-corrected chi connectivity index (χ4v) is 3.36. The highest BCUT2D eigenvalue weighted by molar-refractivity contribution is 5.83. The number of ketones is 1. The summed E-state index contributed by atoms with van der Waals surface area (Å²) < 4.78 is 1.93. The van der Waals surface area contributed by atoms with Crippen LogP contribution in [0, 0.1) is 5.92 Å². The van der Waals surface area contributed by atoms with Crippen molar-refractivity contribution in [3.8, 4) is 0 Å². The predicted molar refractivity (Wildman–Crippen MR) is 96.1 cm³/mol. The fraction of sp³-hybridized carbons (Fsp3) is 0.450. The van der Waals surface area contributed by atoms with Crippen molar-refractivity contribution in [3.05, 3.63) is 54.1 Å². The number of nitrogens with one attached hydrogen (secondary N) is 1. The Hall–Kier alpha value is -2.43. The number of imidazole rings is 1. The molecule has 25 heavy (non-hydrogen) atoms. The molecule has 1 N–H and O–H groups in total. The molecule has 3 rings (SSSR count). The van der Waals surface area contributed by atoms with Crippen LogP contribution in [0.4, 0.5) is 0 Å². The van der Waals surface area contributed by atoms with Gasteiger partial charge in [0.15, 0.2) is 0 Å². The average molecular weight is 339 g/mol. The quantitative estimate of drug-likeness (QED) is 0.843. The van der Waals surface area contributed by atoms with Crippen LogP contribution in [0.25, 0.3) is 0 Å². The number of hydrogen-bond donors (Lipinski definition) is 1. The number of aromatic nitrogens is 2. The smallest absolute Gasteiger partial charge is 0.227 e. The molecule has 0 aliphatic heterocycles. The number of nitrogens with zero attached hydrogens (tertiary/aromatic N) is 2. The summed E-state index contributed by atoms with van der Waals surface area (Å²) in [7, 11) is 0. The van der Waals surface area contributed by atoms with Crippen LogP contribution in [0.3, 0.4) is 0 Å². The molecule has 0 saturated heterocycles. The van der Waals surface area contributed by atoms with Gasteiger partial charge < -0.3 is 9.88 Å². The maximum Gasteiger partial charge on any atom is 0.227 e. The standard InChI is InChI=1S/C20H25N3O2/c1-15(20(25)22-10-12-23-11-9-21-14-23)17-7-5-16(6-8-17)13-18-3-2-4-19(18)24/h5-9,11,14-15,18H,2-4,10,12-13H2,1H3,(H,22,25)/t15-,18-/m0/s1. The van der Waals surface area contributed by atoms with E-state index in [2.05, 4.69) is 22.4 Å². The van der Waals surface area contributed by atoms with Gasteiger partial charge in [-0.2, -0.15) is 0 Å². The van der Waals surface area contributed by atoms with Gasteiger partial charge in [0.25, 0.3) is 0 Å². The van der Waals surface area contributed by atoms with E-state index in [4.69, 9.17) is 0 Å². The highest BCUT2D eigenvalue weighted by Gasteiger charge is 2.24. The molecule has 0 unspecified atom stereocenters. The predicted octanol–water partition coefficient (Wildman–Crippen LogP) is 2.71. The Bertz CT molecular complexity index is 707. The zero-order chi connectivity index (χ0) is 17.6. The Labute approximate surface area is 148 Å². The molecular formula is C20H25N3O2. The van der Waals surface area contributed by atoms with E-state index in [1.807, 2.05) is 29.8 Å². The lowest BCUT2D eigenvalue weighted by Gasteiger charge is -2.14. The van der Waals surface area contributed by atoms with Crippen LogP contribution in [0.1, 0.15) is 43.2 Å². The third kappa shape index (κ3) is 4.56. The summed E-state index contributed by atoms with van der Waals surface area (Å²) in [6.45, 7) is 3.22. The molecule has 5 nitrogen and oxygen atoms in total. The zero-order valence-electron chi connectivity index (χ0n) is 14.6. The van der Waals surface area contributed by atoms with Crippen LogP contribution in [0.15, 0.2) is 43.0 Å². The van der Waals surface area contributed by atoms with Crippen LogP contribution < -0.4 is 5.32 Å². The summed E-state index contributed by atoms with van der Waals surface area (Å²) in [5.41, 5.74) is 2.18. The molecule has 0 spiro atoms. The van der Waals surface area contributed by atoms with Gasteiger partial charge in [-0.25, -0.2) is 4.98 Å². The van der Waals surface area contributed by atoms with E-state index in [9.17, 15) is 9.59 Å². The molecule has 1 saturated carbocycles. The average Bonchev–Trinajstić information content (AvgIpc) is 3.27. The van der Waals surface area contributed by atoms with Crippen LogP contribution in [-0.4, -0.2) is 27.8 Å². The number of hydrogen-bond acceptors (Lipinski definition) is 3. The number of amides is 1. The summed E-state index contributed by atoms with van der Waals surface area (Å²) in [6, 6.07) is 8.12. The molecule has 1 aliphatic carbocycles. The Morgan fingerprint density at radius 3 is 2.80 bits per heavy atom. The highest BCUT2D eigenvalue weighted by Crippen LogP contribution is 2.25. The maximum atomic E-state index is 12.3. The number of Topliss-reactive ketones (excluding diaryl/α,β-unsaturated/α-hetero) is 1. The second-order valence-electron chi connectivity index (χ2n) is 6.81. The summed E-state index contributed by atoms with van der Waals surface area (Å²) in [5.74, 6) is 0.424. The molecule has 1 heterocycles. The normalized spacial score (nSPS) is 18.3. The monoisotopic (exact) mass is 339 g/mol. The molecule has 1 aromatic carbocycles. The Morgan fingerprint density at radius 1 is 1.36 bits per heavy atom. The Kier molecular flexibility index (Phi) is 5.64. The summed E-state index contributed by atoms with van der Waals surface area (Å²) >= 11 is 0. The van der Waals surface area contributed by atoms with Gasteiger partial charge in [0.1, 0.15) is 5.78 Å². The molecule has 0 radical (unpaired) electrons. The van der Waals surface area contributed by atoms with Gasteiger partial charge in [-0.15, -0.1) is 0 Å². The van der Waals surface area contributed by atoms with Crippen molar-refractivity contribution in [3.63, 3.8) is 0 Å². The third-order valence-corrected chi connectivity index (χ3v) is 5.01. The van der Waals surface area contributed by atoms with Gasteiger partial charge in [-0.05, 0) is 37.3 Å². The molecule has 2 aromatic rings. The molecule has 0 bridgehead atoms. The van der Waals surface area contributed by atoms with Crippen molar-refractivity contribution < 1.29 is 9.59 Å². The molecule has 2 atom stereocenters. The van der Waals surface area contributed by atoms with E-state index in [0.29, 0.717) is 18.9 Å². The van der Waals surface area contributed by atoms with Crippen molar-refractivity contribution in [2.45, 2.75) is 45.1 Å². The van der Waals surface area contributed by atoms with Gasteiger partial charge in [0.2, 0.25) is 5.91 Å². The van der Waals surface area contributed by atoms with E-state index in [1.165, 1.54) is 5.56 Å². The first-order valence-electron chi connectivity index (χ1n) is 8.98. The van der Waals surface area contributed by atoms with Crippen molar-refractivity contribution in [1.29, 1.82) is 0 Å². The Morgan fingerprint density at radius 2 is 2.16 bits per heavy atom. The zero-order valence-corrected chi connectivity index (χ0v) is 14.6. The Balaban J connectivity index is 1.50. The van der Waals surface area contributed by atoms with E-state index < -0.39 is 0 Å². The SMILES string of the molecule is C[C@H](C(=O)NCCn1ccnc1)c1ccc(C[C@@H]2CCCC2=O)cc1. The van der Waals surface area contributed by atoms with Crippen molar-refractivity contribution in [2.75, 3.05) is 6.54 Å². The lowest BCUT2D eigenvalue weighted by molar-refractivity contribution is -0.122. The summed E-state index contributed by atoms with van der Waals surface area (Å²) in [4.78, 5) is 28.0.